The Labute approximate surface area is 88.1 Å². The van der Waals surface area contributed by atoms with Crippen molar-refractivity contribution in [3.63, 3.8) is 0 Å². The molecule has 0 aliphatic carbocycles. The molecule has 0 aliphatic heterocycles. The van der Waals surface area contributed by atoms with Gasteiger partial charge in [0.15, 0.2) is 0 Å². The third-order valence-electron chi connectivity index (χ3n) is 1.48. The maximum Gasteiger partial charge on any atom is 0.573 e. The van der Waals surface area contributed by atoms with Gasteiger partial charge >= 0.3 is 6.36 Å². The maximum absolute atomic E-state index is 11.9. The zero-order valence-electron chi connectivity index (χ0n) is 7.18. The second-order valence-corrected chi connectivity index (χ2v) is 2.70. The number of hydrogen-bond donors (Lipinski definition) is 0. The van der Waals surface area contributed by atoms with Crippen LogP contribution < -0.4 is 4.74 Å². The molecule has 80 valence electrons. The quantitative estimate of drug-likeness (QED) is 0.742. The topological polar surface area (TPSA) is 45.9 Å². The van der Waals surface area contributed by atoms with Gasteiger partial charge in [-0.05, 0) is 6.07 Å². The van der Waals surface area contributed by atoms with Crippen molar-refractivity contribution < 1.29 is 17.9 Å². The summed E-state index contributed by atoms with van der Waals surface area (Å²) in [6.07, 6.45) is -3.76. The fraction of sp³-hybridized carbons (Fsp3) is 0.250. The van der Waals surface area contributed by atoms with Crippen LogP contribution in [0, 0.1) is 11.3 Å². The molecule has 0 atom stereocenters. The van der Waals surface area contributed by atoms with E-state index in [0.717, 1.165) is 12.3 Å². The summed E-state index contributed by atoms with van der Waals surface area (Å²) in [4.78, 5) is 3.57. The molecule has 0 bridgehead atoms. The van der Waals surface area contributed by atoms with Crippen LogP contribution in [-0.4, -0.2) is 11.3 Å². The lowest BCUT2D eigenvalue weighted by Gasteiger charge is -2.11. The standard InChI is InChI=1S/C8H4ClF3N2O/c9-3-5-6(4-13)14-2-1-7(5)15-8(10,11)12/h1-2H,3H2. The first-order valence-corrected chi connectivity index (χ1v) is 4.21. The van der Waals surface area contributed by atoms with Crippen LogP contribution in [0.3, 0.4) is 0 Å². The average molecular weight is 237 g/mol. The van der Waals surface area contributed by atoms with Crippen molar-refractivity contribution in [2.45, 2.75) is 12.2 Å². The average Bonchev–Trinajstić information content (AvgIpc) is 2.15. The van der Waals surface area contributed by atoms with Crippen LogP contribution in [0.2, 0.25) is 0 Å². The number of pyridine rings is 1. The summed E-state index contributed by atoms with van der Waals surface area (Å²) in [5.74, 6) is -0.772. The molecule has 0 radical (unpaired) electrons. The minimum absolute atomic E-state index is 0.0704. The van der Waals surface area contributed by atoms with Crippen molar-refractivity contribution >= 4 is 11.6 Å². The van der Waals surface area contributed by atoms with Crippen LogP contribution >= 0.6 is 11.6 Å². The van der Waals surface area contributed by atoms with Crippen molar-refractivity contribution in [3.05, 3.63) is 23.5 Å². The summed E-state index contributed by atoms with van der Waals surface area (Å²) in [5.41, 5.74) is -0.245. The molecular weight excluding hydrogens is 233 g/mol. The molecule has 0 spiro atoms. The molecular formula is C8H4ClF3N2O. The first kappa shape index (κ1) is 11.6. The highest BCUT2D eigenvalue weighted by atomic mass is 35.5. The van der Waals surface area contributed by atoms with E-state index in [4.69, 9.17) is 16.9 Å². The summed E-state index contributed by atoms with van der Waals surface area (Å²) in [6, 6.07) is 2.64. The minimum Gasteiger partial charge on any atom is -0.405 e. The van der Waals surface area contributed by atoms with Gasteiger partial charge in [-0.1, -0.05) is 0 Å². The molecule has 0 aliphatic rings. The first-order valence-electron chi connectivity index (χ1n) is 3.67. The van der Waals surface area contributed by atoms with Gasteiger partial charge in [0, 0.05) is 11.8 Å². The van der Waals surface area contributed by atoms with Gasteiger partial charge in [-0.3, -0.25) is 0 Å². The first-order chi connectivity index (χ1) is 6.98. The van der Waals surface area contributed by atoms with Crippen LogP contribution in [0.1, 0.15) is 11.3 Å². The van der Waals surface area contributed by atoms with Crippen molar-refractivity contribution in [1.29, 1.82) is 5.26 Å². The van der Waals surface area contributed by atoms with Gasteiger partial charge in [-0.2, -0.15) is 5.26 Å². The van der Waals surface area contributed by atoms with Gasteiger partial charge in [0.05, 0.1) is 5.88 Å². The van der Waals surface area contributed by atoms with Gasteiger partial charge in [0.25, 0.3) is 0 Å². The van der Waals surface area contributed by atoms with E-state index in [2.05, 4.69) is 9.72 Å². The Morgan fingerprint density at radius 3 is 2.67 bits per heavy atom. The van der Waals surface area contributed by atoms with E-state index < -0.39 is 12.1 Å². The molecule has 3 nitrogen and oxygen atoms in total. The molecule has 1 aromatic rings. The van der Waals surface area contributed by atoms with Crippen LogP contribution in [0.25, 0.3) is 0 Å². The zero-order chi connectivity index (χ0) is 11.5. The summed E-state index contributed by atoms with van der Waals surface area (Å²) in [5, 5.41) is 8.56. The highest BCUT2D eigenvalue weighted by molar-refractivity contribution is 6.17. The van der Waals surface area contributed by atoms with Crippen LogP contribution in [0.5, 0.6) is 5.75 Å². The predicted octanol–water partition coefficient (Wildman–Crippen LogP) is 2.59. The smallest absolute Gasteiger partial charge is 0.405 e. The minimum atomic E-state index is -4.81. The third kappa shape index (κ3) is 2.99. The van der Waals surface area contributed by atoms with Crippen LogP contribution in [-0.2, 0) is 5.88 Å². The molecule has 1 aromatic heterocycles. The SMILES string of the molecule is N#Cc1nccc(OC(F)(F)F)c1CCl. The van der Waals surface area contributed by atoms with Gasteiger partial charge in [-0.25, -0.2) is 4.98 Å². The Kier molecular flexibility index (Phi) is 3.37. The molecule has 0 fully saturated rings. The van der Waals surface area contributed by atoms with Crippen LogP contribution in [0.15, 0.2) is 12.3 Å². The number of rotatable bonds is 2. The lowest BCUT2D eigenvalue weighted by atomic mass is 10.2. The molecule has 0 amide bonds. The molecule has 0 aromatic carbocycles. The highest BCUT2D eigenvalue weighted by Crippen LogP contribution is 2.28. The predicted molar refractivity (Wildman–Crippen MR) is 45.2 cm³/mol. The van der Waals surface area contributed by atoms with Gasteiger partial charge in [0.2, 0.25) is 0 Å². The van der Waals surface area contributed by atoms with E-state index in [-0.39, 0.29) is 17.1 Å². The second kappa shape index (κ2) is 4.36. The van der Waals surface area contributed by atoms with E-state index in [1.165, 1.54) is 0 Å². The monoisotopic (exact) mass is 236 g/mol. The Hall–Kier alpha value is -1.48. The van der Waals surface area contributed by atoms with E-state index in [1.54, 1.807) is 6.07 Å². The molecule has 0 N–H and O–H groups in total. The van der Waals surface area contributed by atoms with E-state index in [0.29, 0.717) is 0 Å². The number of nitrogens with zero attached hydrogens (tertiary/aromatic N) is 2. The molecule has 1 rings (SSSR count). The summed E-state index contributed by atoms with van der Waals surface area (Å²) in [6.45, 7) is 0. The zero-order valence-corrected chi connectivity index (χ0v) is 7.93. The fourth-order valence-corrected chi connectivity index (χ4v) is 1.18. The van der Waals surface area contributed by atoms with Crippen molar-refractivity contribution in [3.8, 4) is 11.8 Å². The Morgan fingerprint density at radius 2 is 2.20 bits per heavy atom. The Balaban J connectivity index is 3.14. The second-order valence-electron chi connectivity index (χ2n) is 2.43. The lowest BCUT2D eigenvalue weighted by Crippen LogP contribution is -2.18. The number of alkyl halides is 4. The Bertz CT molecular complexity index is 400. The molecule has 0 unspecified atom stereocenters. The van der Waals surface area contributed by atoms with Crippen molar-refractivity contribution in [2.75, 3.05) is 0 Å². The molecule has 7 heteroatoms. The van der Waals surface area contributed by atoms with E-state index in [1.807, 2.05) is 0 Å². The van der Waals surface area contributed by atoms with E-state index in [9.17, 15) is 13.2 Å². The van der Waals surface area contributed by atoms with E-state index >= 15 is 0 Å². The number of aromatic nitrogens is 1. The Morgan fingerprint density at radius 1 is 1.53 bits per heavy atom. The summed E-state index contributed by atoms with van der Waals surface area (Å²) in [7, 11) is 0. The van der Waals surface area contributed by atoms with Crippen LogP contribution in [0.4, 0.5) is 13.2 Å². The largest absolute Gasteiger partial charge is 0.573 e. The lowest BCUT2D eigenvalue weighted by molar-refractivity contribution is -0.274. The normalized spacial score (nSPS) is 10.9. The highest BCUT2D eigenvalue weighted by Gasteiger charge is 2.32. The van der Waals surface area contributed by atoms with Gasteiger partial charge < -0.3 is 4.74 Å². The number of ether oxygens (including phenoxy) is 1. The molecule has 0 saturated carbocycles. The number of halogens is 4. The summed E-state index contributed by atoms with van der Waals surface area (Å²) < 4.78 is 39.5. The number of hydrogen-bond acceptors (Lipinski definition) is 3. The summed E-state index contributed by atoms with van der Waals surface area (Å²) >= 11 is 5.41. The fourth-order valence-electron chi connectivity index (χ4n) is 0.920. The molecule has 0 saturated heterocycles. The maximum atomic E-state index is 11.9. The molecule has 1 heterocycles. The third-order valence-corrected chi connectivity index (χ3v) is 1.75. The van der Waals surface area contributed by atoms with Crippen molar-refractivity contribution in [2.24, 2.45) is 0 Å². The molecule has 15 heavy (non-hydrogen) atoms. The van der Waals surface area contributed by atoms with Gasteiger partial charge in [-0.15, -0.1) is 24.8 Å². The number of nitriles is 1. The van der Waals surface area contributed by atoms with Crippen molar-refractivity contribution in [1.82, 2.24) is 4.98 Å². The van der Waals surface area contributed by atoms with Gasteiger partial charge in [0.1, 0.15) is 17.5 Å².